The molecule has 3 aromatic rings. The first kappa shape index (κ1) is 19.0. The van der Waals surface area contributed by atoms with Gasteiger partial charge in [0, 0.05) is 17.1 Å². The number of fused-ring (bicyclic) bond motifs is 3. The second kappa shape index (κ2) is 7.23. The molecular weight excluding hydrogens is 389 g/mol. The molecule has 2 N–H and O–H groups in total. The van der Waals surface area contributed by atoms with Crippen LogP contribution in [-0.4, -0.2) is 27.0 Å². The van der Waals surface area contributed by atoms with Crippen molar-refractivity contribution in [3.05, 3.63) is 64.1 Å². The van der Waals surface area contributed by atoms with Crippen LogP contribution in [0.15, 0.2) is 48.0 Å². The quantitative estimate of drug-likeness (QED) is 0.676. The molecule has 1 aliphatic heterocycles. The number of hydrogen-bond acceptors (Lipinski definition) is 6. The van der Waals surface area contributed by atoms with Crippen molar-refractivity contribution in [3.63, 3.8) is 0 Å². The van der Waals surface area contributed by atoms with Crippen molar-refractivity contribution in [2.75, 3.05) is 14.2 Å². The average molecular weight is 404 g/mol. The van der Waals surface area contributed by atoms with Gasteiger partial charge in [0.05, 0.1) is 25.2 Å². The number of aromatic nitrogens is 1. The summed E-state index contributed by atoms with van der Waals surface area (Å²) in [5.74, 6) is 0.760. The van der Waals surface area contributed by atoms with Crippen LogP contribution in [-0.2, 0) is 0 Å². The number of ether oxygens (including phenoxy) is 3. The molecule has 0 fully saturated rings. The van der Waals surface area contributed by atoms with E-state index in [-0.39, 0.29) is 11.5 Å². The van der Waals surface area contributed by atoms with Crippen LogP contribution >= 0.6 is 11.6 Å². The molecule has 0 saturated carbocycles. The zero-order valence-electron chi connectivity index (χ0n) is 15.7. The van der Waals surface area contributed by atoms with E-state index in [9.17, 15) is 5.26 Å². The van der Waals surface area contributed by atoms with E-state index in [1.165, 1.54) is 14.2 Å². The number of nitriles is 1. The van der Waals surface area contributed by atoms with Gasteiger partial charge in [-0.25, -0.2) is 0 Å². The molecule has 2 heterocycles. The molecule has 0 saturated heterocycles. The minimum atomic E-state index is -0.560. The van der Waals surface area contributed by atoms with Crippen molar-refractivity contribution >= 4 is 35.8 Å². The number of halogens is 1. The number of benzene rings is 2. The van der Waals surface area contributed by atoms with Gasteiger partial charge in [0.2, 0.25) is 5.88 Å². The Bertz CT molecular complexity index is 1220. The number of methoxy groups -OCH3 is 2. The Morgan fingerprint density at radius 1 is 1.28 bits per heavy atom. The maximum atomic E-state index is 9.79. The summed E-state index contributed by atoms with van der Waals surface area (Å²) in [6.45, 7) is 0. The van der Waals surface area contributed by atoms with E-state index in [1.807, 2.05) is 6.07 Å². The summed E-state index contributed by atoms with van der Waals surface area (Å²) < 4.78 is 16.6. The van der Waals surface area contributed by atoms with E-state index in [0.29, 0.717) is 44.4 Å². The third-order valence-corrected chi connectivity index (χ3v) is 5.20. The fourth-order valence-electron chi connectivity index (χ4n) is 3.63. The molecule has 4 rings (SSSR count). The second-order valence-electron chi connectivity index (χ2n) is 6.45. The molecule has 2 aromatic carbocycles. The van der Waals surface area contributed by atoms with Gasteiger partial charge in [-0.3, -0.25) is 4.98 Å². The van der Waals surface area contributed by atoms with Crippen LogP contribution in [0.4, 0.5) is 0 Å². The first-order chi connectivity index (χ1) is 14.0. The maximum absolute atomic E-state index is 9.79. The number of nitrogens with zero attached hydrogens (tertiary/aromatic N) is 2. The monoisotopic (exact) mass is 403 g/mol. The number of rotatable bonds is 3. The molecule has 6 nitrogen and oxygen atoms in total. The van der Waals surface area contributed by atoms with Crippen molar-refractivity contribution in [3.8, 4) is 23.3 Å². The number of nitrogens with two attached hydrogens (primary N) is 1. The summed E-state index contributed by atoms with van der Waals surface area (Å²) in [6.07, 6.45) is 1.64. The van der Waals surface area contributed by atoms with Crippen LogP contribution in [0, 0.1) is 11.3 Å². The van der Waals surface area contributed by atoms with E-state index in [0.717, 1.165) is 5.39 Å². The van der Waals surface area contributed by atoms with Crippen molar-refractivity contribution < 1.29 is 14.2 Å². The van der Waals surface area contributed by atoms with Crippen LogP contribution in [0.2, 0.25) is 5.02 Å². The van der Waals surface area contributed by atoms with E-state index < -0.39 is 5.92 Å². The molecule has 1 unspecified atom stereocenters. The van der Waals surface area contributed by atoms with Crippen LogP contribution in [0.3, 0.4) is 0 Å². The fourth-order valence-corrected chi connectivity index (χ4v) is 3.90. The molecule has 1 aromatic heterocycles. The van der Waals surface area contributed by atoms with E-state index in [2.05, 4.69) is 11.1 Å². The Kier molecular flexibility index (Phi) is 4.73. The van der Waals surface area contributed by atoms with Crippen molar-refractivity contribution in [2.45, 2.75) is 5.92 Å². The zero-order chi connectivity index (χ0) is 20.7. The average Bonchev–Trinajstić information content (AvgIpc) is 2.73. The third kappa shape index (κ3) is 2.93. The van der Waals surface area contributed by atoms with Gasteiger partial charge in [0.25, 0.3) is 0 Å². The van der Waals surface area contributed by atoms with Crippen molar-refractivity contribution in [1.29, 1.82) is 5.26 Å². The van der Waals surface area contributed by atoms with Gasteiger partial charge in [-0.05, 0) is 29.8 Å². The Hall–Kier alpha value is -3.37. The van der Waals surface area contributed by atoms with Crippen molar-refractivity contribution in [1.82, 2.24) is 4.98 Å². The van der Waals surface area contributed by atoms with Crippen LogP contribution < -0.4 is 25.4 Å². The zero-order valence-corrected chi connectivity index (χ0v) is 16.4. The lowest BCUT2D eigenvalue weighted by Gasteiger charge is -2.28. The molecule has 0 aliphatic carbocycles. The minimum absolute atomic E-state index is 0.00707. The first-order valence-electron chi connectivity index (χ1n) is 8.66. The highest BCUT2D eigenvalue weighted by atomic mass is 35.5. The lowest BCUT2D eigenvalue weighted by molar-refractivity contribution is 0.356. The number of hydrogen-bond donors (Lipinski definition) is 1. The van der Waals surface area contributed by atoms with Gasteiger partial charge in [-0.1, -0.05) is 23.1 Å². The number of pyridine rings is 1. The second-order valence-corrected chi connectivity index (χ2v) is 6.85. The number of allylic oxidation sites excluding steroid dienone is 1. The molecule has 142 valence electrons. The largest absolute Gasteiger partial charge is 0.493 e. The highest BCUT2D eigenvalue weighted by molar-refractivity contribution is 6.36. The summed E-state index contributed by atoms with van der Waals surface area (Å²) in [6, 6.07) is 11.0. The van der Waals surface area contributed by atoms with E-state index in [1.54, 1.807) is 30.5 Å². The summed E-state index contributed by atoms with van der Waals surface area (Å²) in [5, 5.41) is 11.0. The highest BCUT2D eigenvalue weighted by Gasteiger charge is 2.33. The fraction of sp³-hybridized carbons (Fsp3) is 0.143. The topological polar surface area (TPSA) is 90.4 Å². The van der Waals surface area contributed by atoms with Gasteiger partial charge in [-0.2, -0.15) is 5.26 Å². The Balaban J connectivity index is 2.04. The summed E-state index contributed by atoms with van der Waals surface area (Å²) in [7, 11) is 9.20. The van der Waals surface area contributed by atoms with Gasteiger partial charge in [-0.15, -0.1) is 0 Å². The molecule has 8 heteroatoms. The standard InChI is InChI=1S/C21H15BClN3O3/c1-27-16-7-10(6-14(22)20(16)28-2)17-12-8-15(23)11-4-3-5-26-18(11)19(12)29-21(25)13(17)9-24/h3-8,17H,25H2,1-2H3. The smallest absolute Gasteiger partial charge is 0.205 e. The molecule has 1 aliphatic rings. The first-order valence-corrected chi connectivity index (χ1v) is 9.04. The molecule has 29 heavy (non-hydrogen) atoms. The highest BCUT2D eigenvalue weighted by Crippen LogP contribution is 2.47. The van der Waals surface area contributed by atoms with Crippen LogP contribution in [0.5, 0.6) is 17.2 Å². The predicted octanol–water partition coefficient (Wildman–Crippen LogP) is 2.92. The Morgan fingerprint density at radius 3 is 2.76 bits per heavy atom. The summed E-state index contributed by atoms with van der Waals surface area (Å²) >= 11 is 6.52. The molecule has 2 radical (unpaired) electrons. The molecule has 1 atom stereocenters. The van der Waals surface area contributed by atoms with Crippen LogP contribution in [0.1, 0.15) is 17.0 Å². The molecular formula is C21H15BClN3O3. The Labute approximate surface area is 173 Å². The SMILES string of the molecule is [B]c1cc(C2C(C#N)=C(N)Oc3c2cc(Cl)c2cccnc32)cc(OC)c1OC. The summed E-state index contributed by atoms with van der Waals surface area (Å²) in [5.41, 5.74) is 8.65. The normalized spacial score (nSPS) is 15.4. The van der Waals surface area contributed by atoms with Crippen molar-refractivity contribution in [2.24, 2.45) is 5.73 Å². The minimum Gasteiger partial charge on any atom is -0.493 e. The molecule has 0 spiro atoms. The van der Waals surface area contributed by atoms with Gasteiger partial charge in [0.15, 0.2) is 17.2 Å². The Morgan fingerprint density at radius 2 is 2.07 bits per heavy atom. The van der Waals surface area contributed by atoms with Gasteiger partial charge >= 0.3 is 0 Å². The third-order valence-electron chi connectivity index (χ3n) is 4.89. The summed E-state index contributed by atoms with van der Waals surface area (Å²) in [4.78, 5) is 4.41. The van der Waals surface area contributed by atoms with Gasteiger partial charge in [0.1, 0.15) is 25.0 Å². The molecule has 0 bridgehead atoms. The van der Waals surface area contributed by atoms with Gasteiger partial charge < -0.3 is 19.9 Å². The molecule has 0 amide bonds. The predicted molar refractivity (Wildman–Crippen MR) is 111 cm³/mol. The van der Waals surface area contributed by atoms with E-state index >= 15 is 0 Å². The maximum Gasteiger partial charge on any atom is 0.205 e. The van der Waals surface area contributed by atoms with E-state index in [4.69, 9.17) is 39.4 Å². The lowest BCUT2D eigenvalue weighted by atomic mass is 9.80. The lowest BCUT2D eigenvalue weighted by Crippen LogP contribution is -2.22. The van der Waals surface area contributed by atoms with Crippen LogP contribution in [0.25, 0.3) is 10.9 Å².